The Morgan fingerprint density at radius 1 is 1.36 bits per heavy atom. The average molecular weight is 345 g/mol. The second-order valence-corrected chi connectivity index (χ2v) is 6.23. The van der Waals surface area contributed by atoms with Crippen LogP contribution >= 0.6 is 0 Å². The number of hydrogen-bond donors (Lipinski definition) is 0. The number of esters is 1. The number of carbonyl (C=O) groups excluding carboxylic acids is 1. The first kappa shape index (κ1) is 17.6. The number of rotatable bonds is 7. The number of oxazole rings is 1. The van der Waals surface area contributed by atoms with Crippen molar-refractivity contribution >= 4 is 5.97 Å². The predicted octanol–water partition coefficient (Wildman–Crippen LogP) is 3.28. The number of aryl methyl sites for hydroxylation is 1. The Balaban J connectivity index is 1.46. The average Bonchev–Trinajstić information content (AvgIpc) is 3.30. The molecule has 1 aromatic heterocycles. The summed E-state index contributed by atoms with van der Waals surface area (Å²) in [5.41, 5.74) is 2.62. The second kappa shape index (κ2) is 8.27. The Kier molecular flexibility index (Phi) is 5.83. The molecule has 1 aromatic carbocycles. The van der Waals surface area contributed by atoms with E-state index in [-0.39, 0.29) is 12.7 Å². The molecule has 0 N–H and O–H groups in total. The van der Waals surface area contributed by atoms with Gasteiger partial charge in [0.2, 0.25) is 5.89 Å². The first-order valence-corrected chi connectivity index (χ1v) is 8.53. The normalized spacial score (nSPS) is 18.2. The van der Waals surface area contributed by atoms with Gasteiger partial charge in [0.25, 0.3) is 0 Å². The van der Waals surface area contributed by atoms with Gasteiger partial charge < -0.3 is 18.6 Å². The van der Waals surface area contributed by atoms with Crippen LogP contribution in [0.5, 0.6) is 0 Å². The highest BCUT2D eigenvalue weighted by atomic mass is 16.6. The lowest BCUT2D eigenvalue weighted by atomic mass is 10.1. The van der Waals surface area contributed by atoms with Crippen molar-refractivity contribution in [2.45, 2.75) is 45.5 Å². The van der Waals surface area contributed by atoms with Crippen molar-refractivity contribution < 1.29 is 23.4 Å². The van der Waals surface area contributed by atoms with E-state index in [0.29, 0.717) is 18.2 Å². The zero-order valence-electron chi connectivity index (χ0n) is 14.6. The van der Waals surface area contributed by atoms with Gasteiger partial charge in [-0.3, -0.25) is 0 Å². The Morgan fingerprint density at radius 3 is 2.88 bits per heavy atom. The molecule has 0 bridgehead atoms. The van der Waals surface area contributed by atoms with Crippen molar-refractivity contribution in [3.63, 3.8) is 0 Å². The fourth-order valence-corrected chi connectivity index (χ4v) is 2.56. The summed E-state index contributed by atoms with van der Waals surface area (Å²) in [5.74, 6) is 0.0895. The monoisotopic (exact) mass is 345 g/mol. The lowest BCUT2D eigenvalue weighted by molar-refractivity contribution is -0.159. The molecule has 1 saturated heterocycles. The molecule has 2 aromatic rings. The minimum Gasteiger partial charge on any atom is -0.457 e. The van der Waals surface area contributed by atoms with Gasteiger partial charge in [0.15, 0.2) is 6.10 Å². The van der Waals surface area contributed by atoms with Gasteiger partial charge in [-0.25, -0.2) is 9.78 Å². The molecular weight excluding hydrogens is 322 g/mol. The van der Waals surface area contributed by atoms with Gasteiger partial charge in [-0.2, -0.15) is 0 Å². The summed E-state index contributed by atoms with van der Waals surface area (Å²) in [6.45, 7) is 4.94. The van der Waals surface area contributed by atoms with Gasteiger partial charge in [-0.1, -0.05) is 17.7 Å². The van der Waals surface area contributed by atoms with E-state index in [2.05, 4.69) is 4.98 Å². The first-order valence-electron chi connectivity index (χ1n) is 8.53. The van der Waals surface area contributed by atoms with Crippen LogP contribution in [0.4, 0.5) is 0 Å². The van der Waals surface area contributed by atoms with Gasteiger partial charge in [-0.15, -0.1) is 0 Å². The maximum atomic E-state index is 12.0. The van der Waals surface area contributed by atoms with Crippen LogP contribution in [0.3, 0.4) is 0 Å². The summed E-state index contributed by atoms with van der Waals surface area (Å²) >= 11 is 0. The maximum Gasteiger partial charge on any atom is 0.335 e. The van der Waals surface area contributed by atoms with Crippen molar-refractivity contribution in [3.8, 4) is 11.5 Å². The summed E-state index contributed by atoms with van der Waals surface area (Å²) in [7, 11) is 0. The lowest BCUT2D eigenvalue weighted by Crippen LogP contribution is -2.27. The number of carbonyl (C=O) groups is 1. The standard InChI is InChI=1S/C19H23NO5/c1-13-5-7-15(8-6-13)18-20-16(10-24-18)11-25-19(21)14(2)23-12-17-4-3-9-22-17/h5-8,10,14,17H,3-4,9,11-12H2,1-2H3. The molecule has 0 spiro atoms. The quantitative estimate of drug-likeness (QED) is 0.717. The van der Waals surface area contributed by atoms with Gasteiger partial charge in [-0.05, 0) is 38.8 Å². The molecule has 2 atom stereocenters. The number of benzene rings is 1. The SMILES string of the molecule is Cc1ccc(-c2nc(COC(=O)C(C)OCC3CCCO3)co2)cc1. The van der Waals surface area contributed by atoms with Crippen molar-refractivity contribution in [2.24, 2.45) is 0 Å². The first-order chi connectivity index (χ1) is 12.1. The molecule has 6 nitrogen and oxygen atoms in total. The zero-order valence-corrected chi connectivity index (χ0v) is 14.6. The molecular formula is C19H23NO5. The summed E-state index contributed by atoms with van der Waals surface area (Å²) in [4.78, 5) is 16.3. The Bertz CT molecular complexity index is 688. The summed E-state index contributed by atoms with van der Waals surface area (Å²) in [6.07, 6.45) is 2.97. The highest BCUT2D eigenvalue weighted by molar-refractivity contribution is 5.74. The summed E-state index contributed by atoms with van der Waals surface area (Å²) in [6, 6.07) is 7.87. The third-order valence-corrected chi connectivity index (χ3v) is 4.10. The van der Waals surface area contributed by atoms with Crippen LogP contribution in [0.2, 0.25) is 0 Å². The molecule has 2 heterocycles. The number of hydrogen-bond acceptors (Lipinski definition) is 6. The van der Waals surface area contributed by atoms with E-state index in [4.69, 9.17) is 18.6 Å². The van der Waals surface area contributed by atoms with Crippen molar-refractivity contribution in [1.29, 1.82) is 0 Å². The molecule has 25 heavy (non-hydrogen) atoms. The van der Waals surface area contributed by atoms with Crippen LogP contribution in [-0.4, -0.2) is 36.4 Å². The van der Waals surface area contributed by atoms with Crippen LogP contribution in [0.25, 0.3) is 11.5 Å². The number of nitrogens with zero attached hydrogens (tertiary/aromatic N) is 1. The lowest BCUT2D eigenvalue weighted by Gasteiger charge is -2.15. The third-order valence-electron chi connectivity index (χ3n) is 4.10. The van der Waals surface area contributed by atoms with E-state index in [1.54, 1.807) is 6.92 Å². The molecule has 3 rings (SSSR count). The van der Waals surface area contributed by atoms with Crippen LogP contribution in [-0.2, 0) is 25.6 Å². The molecule has 0 radical (unpaired) electrons. The van der Waals surface area contributed by atoms with Gasteiger partial charge >= 0.3 is 5.97 Å². The Hall–Kier alpha value is -2.18. The molecule has 2 unspecified atom stereocenters. The van der Waals surface area contributed by atoms with Crippen molar-refractivity contribution in [3.05, 3.63) is 41.8 Å². The molecule has 0 aliphatic carbocycles. The fourth-order valence-electron chi connectivity index (χ4n) is 2.56. The van der Waals surface area contributed by atoms with E-state index >= 15 is 0 Å². The minimum absolute atomic E-state index is 0.0574. The van der Waals surface area contributed by atoms with E-state index in [1.807, 2.05) is 31.2 Å². The molecule has 1 aliphatic heterocycles. The summed E-state index contributed by atoms with van der Waals surface area (Å²) in [5, 5.41) is 0. The highest BCUT2D eigenvalue weighted by Gasteiger charge is 2.21. The van der Waals surface area contributed by atoms with Crippen LogP contribution < -0.4 is 0 Å². The minimum atomic E-state index is -0.632. The topological polar surface area (TPSA) is 70.8 Å². The van der Waals surface area contributed by atoms with Gasteiger partial charge in [0.1, 0.15) is 18.6 Å². The largest absolute Gasteiger partial charge is 0.457 e. The third kappa shape index (κ3) is 4.90. The molecule has 1 fully saturated rings. The zero-order chi connectivity index (χ0) is 17.6. The van der Waals surface area contributed by atoms with Gasteiger partial charge in [0.05, 0.1) is 12.7 Å². The molecule has 1 aliphatic rings. The maximum absolute atomic E-state index is 12.0. The number of ether oxygens (including phenoxy) is 3. The summed E-state index contributed by atoms with van der Waals surface area (Å²) < 4.78 is 21.7. The van der Waals surface area contributed by atoms with Crippen LogP contribution in [0.1, 0.15) is 31.0 Å². The Labute approximate surface area is 147 Å². The van der Waals surface area contributed by atoms with Crippen LogP contribution in [0.15, 0.2) is 34.9 Å². The molecule has 0 amide bonds. The second-order valence-electron chi connectivity index (χ2n) is 6.23. The molecule has 0 saturated carbocycles. The van der Waals surface area contributed by atoms with Crippen molar-refractivity contribution in [1.82, 2.24) is 4.98 Å². The molecule has 6 heteroatoms. The molecule has 134 valence electrons. The highest BCUT2D eigenvalue weighted by Crippen LogP contribution is 2.19. The van der Waals surface area contributed by atoms with Crippen LogP contribution in [0, 0.1) is 6.92 Å². The van der Waals surface area contributed by atoms with E-state index in [9.17, 15) is 4.79 Å². The van der Waals surface area contributed by atoms with E-state index < -0.39 is 12.1 Å². The smallest absolute Gasteiger partial charge is 0.335 e. The van der Waals surface area contributed by atoms with E-state index in [1.165, 1.54) is 11.8 Å². The number of aromatic nitrogens is 1. The van der Waals surface area contributed by atoms with Crippen molar-refractivity contribution in [2.75, 3.05) is 13.2 Å². The fraction of sp³-hybridized carbons (Fsp3) is 0.474. The Morgan fingerprint density at radius 2 is 2.16 bits per heavy atom. The van der Waals surface area contributed by atoms with Gasteiger partial charge in [0, 0.05) is 12.2 Å². The van der Waals surface area contributed by atoms with E-state index in [0.717, 1.165) is 25.0 Å². The predicted molar refractivity (Wildman–Crippen MR) is 90.9 cm³/mol.